The minimum absolute atomic E-state index is 0.0729. The summed E-state index contributed by atoms with van der Waals surface area (Å²) < 4.78 is 0. The van der Waals surface area contributed by atoms with Gasteiger partial charge >= 0.3 is 0 Å². The highest BCUT2D eigenvalue weighted by Gasteiger charge is 2.19. The molecule has 1 saturated carbocycles. The Bertz CT molecular complexity index is 195. The second kappa shape index (κ2) is 4.18. The van der Waals surface area contributed by atoms with Crippen molar-refractivity contribution in [1.82, 2.24) is 0 Å². The fraction of sp³-hybridized carbons (Fsp3) is 0.700. The highest BCUT2D eigenvalue weighted by atomic mass is 16.1. The molecule has 0 radical (unpaired) electrons. The number of hydrogen-bond donors (Lipinski definition) is 0. The molecule has 1 heteroatoms. The van der Waals surface area contributed by atoms with Crippen molar-refractivity contribution >= 4 is 5.78 Å². The Kier molecular flexibility index (Phi) is 3.16. The normalized spacial score (nSPS) is 24.1. The van der Waals surface area contributed by atoms with Gasteiger partial charge in [-0.05, 0) is 12.8 Å². The molecule has 0 aromatic carbocycles. The molecular weight excluding hydrogens is 136 g/mol. The van der Waals surface area contributed by atoms with Gasteiger partial charge in [0.15, 0.2) is 0 Å². The highest BCUT2D eigenvalue weighted by Crippen LogP contribution is 2.19. The van der Waals surface area contributed by atoms with E-state index >= 15 is 0 Å². The monoisotopic (exact) mass is 150 g/mol. The van der Waals surface area contributed by atoms with Crippen molar-refractivity contribution in [1.29, 1.82) is 0 Å². The maximum Gasteiger partial charge on any atom is 0.147 e. The van der Waals surface area contributed by atoms with E-state index in [1.54, 1.807) is 0 Å². The molecule has 1 atom stereocenters. The summed E-state index contributed by atoms with van der Waals surface area (Å²) in [5, 5.41) is 0. The average Bonchev–Trinajstić information content (AvgIpc) is 2.03. The fourth-order valence-corrected chi connectivity index (χ4v) is 1.36. The molecule has 1 fully saturated rings. The first kappa shape index (κ1) is 8.33. The van der Waals surface area contributed by atoms with Crippen LogP contribution >= 0.6 is 0 Å². The topological polar surface area (TPSA) is 17.1 Å². The van der Waals surface area contributed by atoms with Crippen molar-refractivity contribution in [3.8, 4) is 11.8 Å². The minimum Gasteiger partial charge on any atom is -0.298 e. The van der Waals surface area contributed by atoms with Crippen LogP contribution in [0.5, 0.6) is 0 Å². The lowest BCUT2D eigenvalue weighted by Gasteiger charge is -2.14. The van der Waals surface area contributed by atoms with Gasteiger partial charge in [-0.15, -0.1) is 5.92 Å². The van der Waals surface area contributed by atoms with Gasteiger partial charge in [0.2, 0.25) is 0 Å². The molecule has 0 saturated heterocycles. The van der Waals surface area contributed by atoms with Crippen LogP contribution in [0.25, 0.3) is 0 Å². The smallest absolute Gasteiger partial charge is 0.147 e. The molecule has 0 aromatic heterocycles. The zero-order valence-electron chi connectivity index (χ0n) is 7.02. The lowest BCUT2D eigenvalue weighted by molar-refractivity contribution is -0.122. The summed E-state index contributed by atoms with van der Waals surface area (Å²) in [5.41, 5.74) is 0. The van der Waals surface area contributed by atoms with Gasteiger partial charge in [-0.2, -0.15) is 0 Å². The lowest BCUT2D eigenvalue weighted by atomic mass is 9.88. The van der Waals surface area contributed by atoms with E-state index in [2.05, 4.69) is 11.8 Å². The number of carbonyl (C=O) groups is 1. The summed E-state index contributed by atoms with van der Waals surface area (Å²) in [7, 11) is 0. The number of Topliss-reactive ketones (excluding diaryl/α,β-unsaturated/α-hetero) is 1. The molecule has 1 nitrogen and oxygen atoms in total. The lowest BCUT2D eigenvalue weighted by Crippen LogP contribution is -2.16. The average molecular weight is 150 g/mol. The molecule has 0 bridgehead atoms. The van der Waals surface area contributed by atoms with Gasteiger partial charge in [0.1, 0.15) is 5.78 Å². The van der Waals surface area contributed by atoms with Crippen LogP contribution in [0.15, 0.2) is 0 Å². The van der Waals surface area contributed by atoms with Crippen LogP contribution in [0, 0.1) is 17.8 Å². The third-order valence-electron chi connectivity index (χ3n) is 2.01. The maximum atomic E-state index is 11.2. The van der Waals surface area contributed by atoms with Crippen molar-refractivity contribution in [3.05, 3.63) is 0 Å². The molecule has 1 rings (SSSR count). The van der Waals surface area contributed by atoms with E-state index in [-0.39, 0.29) is 5.92 Å². The second-order valence-corrected chi connectivity index (χ2v) is 2.94. The molecule has 11 heavy (non-hydrogen) atoms. The molecule has 60 valence electrons. The molecule has 0 amide bonds. The number of hydrogen-bond acceptors (Lipinski definition) is 1. The van der Waals surface area contributed by atoms with Crippen LogP contribution in [-0.4, -0.2) is 5.78 Å². The van der Waals surface area contributed by atoms with Gasteiger partial charge < -0.3 is 0 Å². The van der Waals surface area contributed by atoms with Crippen molar-refractivity contribution in [2.75, 3.05) is 0 Å². The first-order chi connectivity index (χ1) is 5.34. The SMILES string of the molecule is CCC#CC1CCCCC1=O. The van der Waals surface area contributed by atoms with Crippen molar-refractivity contribution < 1.29 is 4.79 Å². The summed E-state index contributed by atoms with van der Waals surface area (Å²) in [6, 6.07) is 0. The number of rotatable bonds is 0. The Morgan fingerprint density at radius 3 is 3.00 bits per heavy atom. The predicted molar refractivity (Wildman–Crippen MR) is 45.0 cm³/mol. The third-order valence-corrected chi connectivity index (χ3v) is 2.01. The van der Waals surface area contributed by atoms with E-state index < -0.39 is 0 Å². The van der Waals surface area contributed by atoms with Crippen LogP contribution < -0.4 is 0 Å². The number of ketones is 1. The molecule has 0 spiro atoms. The van der Waals surface area contributed by atoms with Crippen molar-refractivity contribution in [2.45, 2.75) is 39.0 Å². The van der Waals surface area contributed by atoms with E-state index in [1.165, 1.54) is 6.42 Å². The Labute approximate surface area is 68.2 Å². The summed E-state index contributed by atoms with van der Waals surface area (Å²) >= 11 is 0. The van der Waals surface area contributed by atoms with E-state index in [9.17, 15) is 4.79 Å². The van der Waals surface area contributed by atoms with Gasteiger partial charge in [-0.3, -0.25) is 4.79 Å². The first-order valence-electron chi connectivity index (χ1n) is 4.35. The molecular formula is C10H14O. The first-order valence-corrected chi connectivity index (χ1v) is 4.35. The Morgan fingerprint density at radius 1 is 1.55 bits per heavy atom. The van der Waals surface area contributed by atoms with Gasteiger partial charge in [0.05, 0.1) is 5.92 Å². The van der Waals surface area contributed by atoms with Gasteiger partial charge in [0.25, 0.3) is 0 Å². The Morgan fingerprint density at radius 2 is 2.36 bits per heavy atom. The summed E-state index contributed by atoms with van der Waals surface area (Å²) in [6.45, 7) is 2.01. The van der Waals surface area contributed by atoms with Crippen molar-refractivity contribution in [3.63, 3.8) is 0 Å². The van der Waals surface area contributed by atoms with Crippen molar-refractivity contribution in [2.24, 2.45) is 5.92 Å². The van der Waals surface area contributed by atoms with Gasteiger partial charge in [0, 0.05) is 12.8 Å². The standard InChI is InChI=1S/C10H14O/c1-2-3-6-9-7-4-5-8-10(9)11/h9H,2,4-5,7-8H2,1H3. The molecule has 0 aromatic rings. The van der Waals surface area contributed by atoms with Crippen LogP contribution in [0.3, 0.4) is 0 Å². The van der Waals surface area contributed by atoms with Gasteiger partial charge in [-0.25, -0.2) is 0 Å². The zero-order valence-corrected chi connectivity index (χ0v) is 7.02. The quantitative estimate of drug-likeness (QED) is 0.483. The molecule has 0 aliphatic heterocycles. The van der Waals surface area contributed by atoms with Crippen LogP contribution in [-0.2, 0) is 4.79 Å². The zero-order chi connectivity index (χ0) is 8.10. The van der Waals surface area contributed by atoms with Gasteiger partial charge in [-0.1, -0.05) is 19.3 Å². The molecule has 1 aliphatic rings. The molecule has 0 N–H and O–H groups in total. The summed E-state index contributed by atoms with van der Waals surface area (Å²) in [4.78, 5) is 11.2. The molecule has 1 aliphatic carbocycles. The van der Waals surface area contributed by atoms with E-state index in [0.29, 0.717) is 5.78 Å². The molecule has 0 heterocycles. The maximum absolute atomic E-state index is 11.2. The highest BCUT2D eigenvalue weighted by molar-refractivity contribution is 5.84. The van der Waals surface area contributed by atoms with Crippen LogP contribution in [0.1, 0.15) is 39.0 Å². The van der Waals surface area contributed by atoms with Crippen LogP contribution in [0.4, 0.5) is 0 Å². The summed E-state index contributed by atoms with van der Waals surface area (Å²) in [6.07, 6.45) is 4.86. The summed E-state index contributed by atoms with van der Waals surface area (Å²) in [5.74, 6) is 6.43. The van der Waals surface area contributed by atoms with E-state index in [0.717, 1.165) is 25.7 Å². The number of carbonyl (C=O) groups excluding carboxylic acids is 1. The van der Waals surface area contributed by atoms with Crippen LogP contribution in [0.2, 0.25) is 0 Å². The minimum atomic E-state index is 0.0729. The van der Waals surface area contributed by atoms with E-state index in [1.807, 2.05) is 6.92 Å². The molecule has 1 unspecified atom stereocenters. The Balaban J connectivity index is 2.48. The largest absolute Gasteiger partial charge is 0.298 e. The third kappa shape index (κ3) is 2.38. The second-order valence-electron chi connectivity index (χ2n) is 2.94. The Hall–Kier alpha value is -0.770. The van der Waals surface area contributed by atoms with E-state index in [4.69, 9.17) is 0 Å². The fourth-order valence-electron chi connectivity index (χ4n) is 1.36. The predicted octanol–water partition coefficient (Wildman–Crippen LogP) is 2.16.